The minimum atomic E-state index is -0.416. The quantitative estimate of drug-likeness (QED) is 0.473. The van der Waals surface area contributed by atoms with E-state index in [1.165, 1.54) is 18.6 Å². The Balaban J connectivity index is 2.10. The van der Waals surface area contributed by atoms with Gasteiger partial charge < -0.3 is 0 Å². The molecule has 28 heavy (non-hydrogen) atoms. The number of hydrogen-bond acceptors (Lipinski definition) is 3. The predicted octanol–water partition coefficient (Wildman–Crippen LogP) is 6.14. The Morgan fingerprint density at radius 3 is 2.18 bits per heavy atom. The number of para-hydroxylation sites is 1. The molecule has 3 rings (SSSR count). The average Bonchev–Trinajstić information content (AvgIpc) is 2.69. The van der Waals surface area contributed by atoms with Crippen molar-refractivity contribution in [3.63, 3.8) is 0 Å². The van der Waals surface area contributed by atoms with Gasteiger partial charge in [-0.1, -0.05) is 58.2 Å². The standard InChI is InChI=1S/C23H28N2O3/c1-23(2,3)20-11-7-8-12-21(20)24(22(26)17-9-5-4-6-10-17)18-13-15-19(16-14-18)25(27)28/h7-8,11-17H,4-6,9-10H2,1-3H3. The van der Waals surface area contributed by atoms with Crippen LogP contribution in [0.15, 0.2) is 48.5 Å². The van der Waals surface area contributed by atoms with Crippen molar-refractivity contribution in [1.29, 1.82) is 0 Å². The summed E-state index contributed by atoms with van der Waals surface area (Å²) in [6.45, 7) is 6.39. The highest BCUT2D eigenvalue weighted by Crippen LogP contribution is 2.38. The molecular weight excluding hydrogens is 352 g/mol. The summed E-state index contributed by atoms with van der Waals surface area (Å²) in [5.74, 6) is 0.0854. The van der Waals surface area contributed by atoms with E-state index in [1.54, 1.807) is 17.0 Å². The van der Waals surface area contributed by atoms with Crippen LogP contribution in [0.25, 0.3) is 0 Å². The number of carbonyl (C=O) groups is 1. The molecule has 0 radical (unpaired) electrons. The molecule has 0 aliphatic heterocycles. The second-order valence-electron chi connectivity index (χ2n) is 8.55. The van der Waals surface area contributed by atoms with Gasteiger partial charge in [0.1, 0.15) is 0 Å². The van der Waals surface area contributed by atoms with Crippen molar-refractivity contribution in [3.05, 3.63) is 64.2 Å². The molecule has 0 atom stereocenters. The van der Waals surface area contributed by atoms with Crippen LogP contribution in [-0.4, -0.2) is 10.8 Å². The fourth-order valence-electron chi connectivity index (χ4n) is 3.94. The average molecular weight is 380 g/mol. The van der Waals surface area contributed by atoms with E-state index in [1.807, 2.05) is 18.2 Å². The van der Waals surface area contributed by atoms with Crippen molar-refractivity contribution in [3.8, 4) is 0 Å². The first-order valence-corrected chi connectivity index (χ1v) is 9.97. The van der Waals surface area contributed by atoms with E-state index in [0.29, 0.717) is 5.69 Å². The Bertz CT molecular complexity index is 847. The van der Waals surface area contributed by atoms with E-state index in [2.05, 4.69) is 26.8 Å². The van der Waals surface area contributed by atoms with Crippen LogP contribution in [0.4, 0.5) is 17.1 Å². The van der Waals surface area contributed by atoms with Gasteiger partial charge in [0.05, 0.1) is 10.6 Å². The molecule has 2 aromatic rings. The lowest BCUT2D eigenvalue weighted by atomic mass is 9.84. The van der Waals surface area contributed by atoms with Crippen molar-refractivity contribution in [2.75, 3.05) is 4.90 Å². The van der Waals surface area contributed by atoms with Crippen LogP contribution in [0.5, 0.6) is 0 Å². The largest absolute Gasteiger partial charge is 0.281 e. The highest BCUT2D eigenvalue weighted by atomic mass is 16.6. The van der Waals surface area contributed by atoms with Crippen LogP contribution in [0.3, 0.4) is 0 Å². The summed E-state index contributed by atoms with van der Waals surface area (Å²) in [5.41, 5.74) is 2.51. The normalized spacial score (nSPS) is 15.2. The molecule has 1 saturated carbocycles. The van der Waals surface area contributed by atoms with Crippen LogP contribution >= 0.6 is 0 Å². The third-order valence-electron chi connectivity index (χ3n) is 5.45. The van der Waals surface area contributed by atoms with Gasteiger partial charge in [0, 0.05) is 23.7 Å². The molecule has 148 valence electrons. The monoisotopic (exact) mass is 380 g/mol. The minimum absolute atomic E-state index is 0.00281. The summed E-state index contributed by atoms with van der Waals surface area (Å²) in [5, 5.41) is 11.0. The SMILES string of the molecule is CC(C)(C)c1ccccc1N(C(=O)C1CCCCC1)c1ccc([N+](=O)[O-])cc1. The highest BCUT2D eigenvalue weighted by Gasteiger charge is 2.31. The first kappa shape index (κ1) is 20.1. The molecule has 1 amide bonds. The Morgan fingerprint density at radius 1 is 1.00 bits per heavy atom. The Labute approximate surface area is 166 Å². The summed E-state index contributed by atoms with van der Waals surface area (Å²) >= 11 is 0. The fraction of sp³-hybridized carbons (Fsp3) is 0.435. The first-order valence-electron chi connectivity index (χ1n) is 9.97. The maximum Gasteiger partial charge on any atom is 0.269 e. The van der Waals surface area contributed by atoms with Gasteiger partial charge in [-0.2, -0.15) is 0 Å². The van der Waals surface area contributed by atoms with Gasteiger partial charge in [0.2, 0.25) is 5.91 Å². The van der Waals surface area contributed by atoms with E-state index in [0.717, 1.165) is 36.9 Å². The Hall–Kier alpha value is -2.69. The smallest absolute Gasteiger partial charge is 0.269 e. The van der Waals surface area contributed by atoms with E-state index in [4.69, 9.17) is 0 Å². The number of anilines is 2. The molecule has 0 aromatic heterocycles. The summed E-state index contributed by atoms with van der Waals surface area (Å²) < 4.78 is 0. The van der Waals surface area contributed by atoms with E-state index >= 15 is 0 Å². The van der Waals surface area contributed by atoms with Crippen molar-refractivity contribution in [2.24, 2.45) is 5.92 Å². The predicted molar refractivity (Wildman–Crippen MR) is 112 cm³/mol. The lowest BCUT2D eigenvalue weighted by Crippen LogP contribution is -2.35. The lowest BCUT2D eigenvalue weighted by Gasteiger charge is -2.33. The lowest BCUT2D eigenvalue weighted by molar-refractivity contribution is -0.384. The van der Waals surface area contributed by atoms with E-state index in [9.17, 15) is 14.9 Å². The van der Waals surface area contributed by atoms with E-state index < -0.39 is 4.92 Å². The summed E-state index contributed by atoms with van der Waals surface area (Å²) in [4.78, 5) is 26.0. The maximum absolute atomic E-state index is 13.6. The molecule has 1 aliphatic rings. The number of nitro benzene ring substituents is 1. The fourth-order valence-corrected chi connectivity index (χ4v) is 3.94. The molecule has 0 saturated heterocycles. The molecule has 0 spiro atoms. The summed E-state index contributed by atoms with van der Waals surface area (Å²) in [6, 6.07) is 14.3. The van der Waals surface area contributed by atoms with Crippen molar-refractivity contribution in [2.45, 2.75) is 58.3 Å². The number of rotatable bonds is 4. The topological polar surface area (TPSA) is 63.5 Å². The van der Waals surface area contributed by atoms with Crippen LogP contribution in [0, 0.1) is 16.0 Å². The van der Waals surface area contributed by atoms with Crippen molar-refractivity contribution < 1.29 is 9.72 Å². The van der Waals surface area contributed by atoms with Crippen LogP contribution in [0.1, 0.15) is 58.4 Å². The van der Waals surface area contributed by atoms with Crippen LogP contribution < -0.4 is 4.90 Å². The number of non-ortho nitro benzene ring substituents is 1. The number of benzene rings is 2. The zero-order valence-electron chi connectivity index (χ0n) is 16.9. The van der Waals surface area contributed by atoms with Crippen molar-refractivity contribution >= 4 is 23.0 Å². The van der Waals surface area contributed by atoms with Crippen LogP contribution in [-0.2, 0) is 10.2 Å². The molecule has 0 bridgehead atoms. The molecule has 0 unspecified atom stereocenters. The molecule has 2 aromatic carbocycles. The maximum atomic E-state index is 13.6. The molecule has 5 heteroatoms. The zero-order chi connectivity index (χ0) is 20.3. The second kappa shape index (κ2) is 8.13. The van der Waals surface area contributed by atoms with Gasteiger partial charge in [-0.15, -0.1) is 0 Å². The third kappa shape index (κ3) is 4.24. The molecular formula is C23H28N2O3. The molecule has 0 heterocycles. The first-order chi connectivity index (χ1) is 13.3. The van der Waals surface area contributed by atoms with Gasteiger partial charge >= 0.3 is 0 Å². The molecule has 1 aliphatic carbocycles. The summed E-state index contributed by atoms with van der Waals surface area (Å²) in [7, 11) is 0. The Kier molecular flexibility index (Phi) is 5.82. The number of nitrogens with zero attached hydrogens (tertiary/aromatic N) is 2. The van der Waals surface area contributed by atoms with Gasteiger partial charge in [-0.3, -0.25) is 19.8 Å². The number of nitro groups is 1. The van der Waals surface area contributed by atoms with E-state index in [-0.39, 0.29) is 22.9 Å². The second-order valence-corrected chi connectivity index (χ2v) is 8.55. The highest BCUT2D eigenvalue weighted by molar-refractivity contribution is 6.02. The van der Waals surface area contributed by atoms with Gasteiger partial charge in [-0.05, 0) is 42.0 Å². The van der Waals surface area contributed by atoms with Gasteiger partial charge in [0.15, 0.2) is 0 Å². The number of amides is 1. The summed E-state index contributed by atoms with van der Waals surface area (Å²) in [6.07, 6.45) is 5.14. The molecule has 5 nitrogen and oxygen atoms in total. The molecule has 0 N–H and O–H groups in total. The molecule has 1 fully saturated rings. The number of carbonyl (C=O) groups excluding carboxylic acids is 1. The zero-order valence-corrected chi connectivity index (χ0v) is 16.9. The van der Waals surface area contributed by atoms with Gasteiger partial charge in [-0.25, -0.2) is 0 Å². The third-order valence-corrected chi connectivity index (χ3v) is 5.45. The number of hydrogen-bond donors (Lipinski definition) is 0. The Morgan fingerprint density at radius 2 is 1.61 bits per heavy atom. The van der Waals surface area contributed by atoms with Gasteiger partial charge in [0.25, 0.3) is 5.69 Å². The minimum Gasteiger partial charge on any atom is -0.281 e. The van der Waals surface area contributed by atoms with Crippen LogP contribution in [0.2, 0.25) is 0 Å². The van der Waals surface area contributed by atoms with Crippen molar-refractivity contribution in [1.82, 2.24) is 0 Å².